The summed E-state index contributed by atoms with van der Waals surface area (Å²) in [6.45, 7) is -1.55. The lowest BCUT2D eigenvalue weighted by Crippen LogP contribution is -2.80. The molecule has 0 aromatic heterocycles. The Kier molecular flexibility index (Phi) is 6.84. The van der Waals surface area contributed by atoms with E-state index in [4.69, 9.17) is 14.2 Å². The van der Waals surface area contributed by atoms with Gasteiger partial charge in [-0.3, -0.25) is 9.59 Å². The Bertz CT molecular complexity index is 642. The highest BCUT2D eigenvalue weighted by molar-refractivity contribution is 5.97. The van der Waals surface area contributed by atoms with Crippen LogP contribution in [0.2, 0.25) is 0 Å². The van der Waals surface area contributed by atoms with E-state index in [1.54, 1.807) is 0 Å². The summed E-state index contributed by atoms with van der Waals surface area (Å²) in [4.78, 5) is 24.8. The Morgan fingerprint density at radius 3 is 1.72 bits per heavy atom. The quantitative estimate of drug-likeness (QED) is 0.190. The van der Waals surface area contributed by atoms with Gasteiger partial charge in [-0.25, -0.2) is 0 Å². The molecule has 2 saturated heterocycles. The van der Waals surface area contributed by atoms with Crippen molar-refractivity contribution in [2.24, 2.45) is 0 Å². The summed E-state index contributed by atoms with van der Waals surface area (Å²) < 4.78 is 15.8. The molecule has 2 aliphatic rings. The molecule has 2 aliphatic heterocycles. The first-order valence-corrected chi connectivity index (χ1v) is 8.73. The minimum atomic E-state index is -3.27. The Morgan fingerprint density at radius 1 is 0.862 bits per heavy atom. The third-order valence-electron chi connectivity index (χ3n) is 5.35. The van der Waals surface area contributed by atoms with Gasteiger partial charge in [-0.05, 0) is 6.92 Å². The van der Waals surface area contributed by atoms with E-state index in [2.05, 4.69) is 0 Å². The Hall–Kier alpha value is -1.10. The molecule has 13 nitrogen and oxygen atoms in total. The molecule has 0 aromatic carbocycles. The Labute approximate surface area is 164 Å². The number of ketones is 2. The largest absolute Gasteiger partial charge is 0.394 e. The number of aliphatic hydroxyl groups excluding tert-OH is 7. The van der Waals surface area contributed by atoms with Crippen LogP contribution in [-0.2, 0) is 23.8 Å². The van der Waals surface area contributed by atoms with Gasteiger partial charge in [0.15, 0.2) is 11.6 Å². The number of carbonyl (C=O) groups is 2. The van der Waals surface area contributed by atoms with Crippen LogP contribution in [0.4, 0.5) is 0 Å². The molecule has 0 spiro atoms. The number of ether oxygens (including phenoxy) is 3. The standard InChI is InChI=1S/C16H26O13/c1-6(20)15(26)13(25)11(23)9(4-18)28-16(15,7(2)21)29-14(5-19)12(24)10(22)8(3-17)27-14/h8-13,17-19,22-26H,3-5H2,1-2H3/t8-,9-,10-,11-,12+,13+,14?,15-,16+/m1/s1. The Balaban J connectivity index is 2.66. The fourth-order valence-electron chi connectivity index (χ4n) is 3.62. The summed E-state index contributed by atoms with van der Waals surface area (Å²) in [5.41, 5.74) is -3.27. The summed E-state index contributed by atoms with van der Waals surface area (Å²) in [5.74, 6) is -8.43. The van der Waals surface area contributed by atoms with E-state index in [1.807, 2.05) is 0 Å². The fraction of sp³-hybridized carbons (Fsp3) is 0.875. The van der Waals surface area contributed by atoms with Crippen LogP contribution >= 0.6 is 0 Å². The molecule has 168 valence electrons. The normalized spacial score (nSPS) is 47.9. The highest BCUT2D eigenvalue weighted by atomic mass is 16.8. The molecule has 8 N–H and O–H groups in total. The van der Waals surface area contributed by atoms with Gasteiger partial charge in [0.2, 0.25) is 11.4 Å². The second kappa shape index (κ2) is 8.20. The van der Waals surface area contributed by atoms with Crippen LogP contribution in [0.15, 0.2) is 0 Å². The number of hydrogen-bond acceptors (Lipinski definition) is 13. The second-order valence-electron chi connectivity index (χ2n) is 7.12. The van der Waals surface area contributed by atoms with Gasteiger partial charge < -0.3 is 55.1 Å². The van der Waals surface area contributed by atoms with Gasteiger partial charge in [0.05, 0.1) is 13.2 Å². The zero-order chi connectivity index (χ0) is 22.4. The van der Waals surface area contributed by atoms with Crippen molar-refractivity contribution >= 4 is 11.6 Å². The average molecular weight is 426 g/mol. The number of rotatable bonds is 7. The van der Waals surface area contributed by atoms with Gasteiger partial charge in [0.1, 0.15) is 43.2 Å². The predicted octanol–water partition coefficient (Wildman–Crippen LogP) is -5.48. The molecule has 2 rings (SSSR count). The number of hydrogen-bond donors (Lipinski definition) is 8. The SMILES string of the molecule is CC(=O)[C@@]1(OC2(CO)O[C@H](CO)[C@@H](O)[C@@H]2O)O[C@H](CO)[C@@H](O)[C@H](O)[C@]1(O)C(C)=O. The number of Topliss-reactive ketones (excluding diaryl/α,β-unsaturated/α-hetero) is 2. The van der Waals surface area contributed by atoms with Crippen molar-refractivity contribution in [3.63, 3.8) is 0 Å². The lowest BCUT2D eigenvalue weighted by Gasteiger charge is -2.54. The summed E-state index contributed by atoms with van der Waals surface area (Å²) in [7, 11) is 0. The molecule has 2 heterocycles. The van der Waals surface area contributed by atoms with Crippen LogP contribution in [0.5, 0.6) is 0 Å². The molecule has 0 amide bonds. The van der Waals surface area contributed by atoms with Crippen LogP contribution in [0, 0.1) is 0 Å². The van der Waals surface area contributed by atoms with Crippen molar-refractivity contribution in [3.05, 3.63) is 0 Å². The van der Waals surface area contributed by atoms with Gasteiger partial charge in [0, 0.05) is 6.92 Å². The van der Waals surface area contributed by atoms with Crippen LogP contribution < -0.4 is 0 Å². The van der Waals surface area contributed by atoms with Gasteiger partial charge >= 0.3 is 0 Å². The summed E-state index contributed by atoms with van der Waals surface area (Å²) in [5, 5.41) is 80.3. The molecule has 0 radical (unpaired) electrons. The van der Waals surface area contributed by atoms with Crippen LogP contribution in [0.3, 0.4) is 0 Å². The van der Waals surface area contributed by atoms with Gasteiger partial charge in [0.25, 0.3) is 5.79 Å². The summed E-state index contributed by atoms with van der Waals surface area (Å²) in [6.07, 6.45) is -11.6. The molecule has 1 unspecified atom stereocenters. The average Bonchev–Trinajstić information content (AvgIpc) is 2.92. The van der Waals surface area contributed by atoms with Gasteiger partial charge in [-0.15, -0.1) is 0 Å². The van der Waals surface area contributed by atoms with Crippen molar-refractivity contribution in [1.82, 2.24) is 0 Å². The third-order valence-corrected chi connectivity index (χ3v) is 5.35. The maximum atomic E-state index is 12.6. The van der Waals surface area contributed by atoms with Crippen molar-refractivity contribution < 1.29 is 64.7 Å². The molecule has 29 heavy (non-hydrogen) atoms. The first-order chi connectivity index (χ1) is 13.4. The first kappa shape index (κ1) is 24.2. The molecule has 0 saturated carbocycles. The lowest BCUT2D eigenvalue weighted by atomic mass is 9.75. The van der Waals surface area contributed by atoms with Crippen molar-refractivity contribution in [1.29, 1.82) is 0 Å². The van der Waals surface area contributed by atoms with E-state index in [9.17, 15) is 50.4 Å². The zero-order valence-corrected chi connectivity index (χ0v) is 15.7. The zero-order valence-electron chi connectivity index (χ0n) is 15.7. The van der Waals surface area contributed by atoms with Crippen molar-refractivity contribution in [2.45, 2.75) is 67.6 Å². The first-order valence-electron chi connectivity index (χ1n) is 8.73. The maximum absolute atomic E-state index is 12.6. The molecular formula is C16H26O13. The number of carbonyl (C=O) groups excluding carboxylic acids is 2. The molecular weight excluding hydrogens is 400 g/mol. The monoisotopic (exact) mass is 426 g/mol. The molecule has 0 aliphatic carbocycles. The fourth-order valence-corrected chi connectivity index (χ4v) is 3.62. The lowest BCUT2D eigenvalue weighted by molar-refractivity contribution is -0.430. The van der Waals surface area contributed by atoms with E-state index in [0.29, 0.717) is 0 Å². The second-order valence-corrected chi connectivity index (χ2v) is 7.12. The van der Waals surface area contributed by atoms with Gasteiger partial charge in [-0.2, -0.15) is 0 Å². The highest BCUT2D eigenvalue weighted by Gasteiger charge is 2.73. The highest BCUT2D eigenvalue weighted by Crippen LogP contribution is 2.46. The number of aliphatic hydroxyl groups is 8. The molecule has 0 aromatic rings. The van der Waals surface area contributed by atoms with Crippen LogP contribution in [0.1, 0.15) is 13.8 Å². The summed E-state index contributed by atoms with van der Waals surface area (Å²) >= 11 is 0. The topological polar surface area (TPSA) is 224 Å². The van der Waals surface area contributed by atoms with E-state index < -0.39 is 85.2 Å². The van der Waals surface area contributed by atoms with Crippen molar-refractivity contribution in [3.8, 4) is 0 Å². The van der Waals surface area contributed by atoms with E-state index in [1.165, 1.54) is 0 Å². The van der Waals surface area contributed by atoms with Crippen LogP contribution in [-0.4, -0.2) is 126 Å². The van der Waals surface area contributed by atoms with Gasteiger partial charge in [-0.1, -0.05) is 0 Å². The minimum absolute atomic E-state index is 0.753. The van der Waals surface area contributed by atoms with E-state index in [-0.39, 0.29) is 0 Å². The van der Waals surface area contributed by atoms with E-state index >= 15 is 0 Å². The molecule has 2 fully saturated rings. The summed E-state index contributed by atoms with van der Waals surface area (Å²) in [6, 6.07) is 0. The smallest absolute Gasteiger partial charge is 0.271 e. The Morgan fingerprint density at radius 2 is 1.34 bits per heavy atom. The van der Waals surface area contributed by atoms with E-state index in [0.717, 1.165) is 13.8 Å². The minimum Gasteiger partial charge on any atom is -0.394 e. The molecule has 0 bridgehead atoms. The maximum Gasteiger partial charge on any atom is 0.271 e. The molecule has 13 heteroatoms. The third kappa shape index (κ3) is 3.32. The predicted molar refractivity (Wildman–Crippen MR) is 87.9 cm³/mol. The van der Waals surface area contributed by atoms with Crippen molar-refractivity contribution in [2.75, 3.05) is 19.8 Å². The molecule has 9 atom stereocenters. The van der Waals surface area contributed by atoms with Crippen LogP contribution in [0.25, 0.3) is 0 Å².